The Bertz CT molecular complexity index is 1350. The first kappa shape index (κ1) is 22.0. The number of aromatic nitrogens is 1. The van der Waals surface area contributed by atoms with Crippen molar-refractivity contribution in [3.63, 3.8) is 0 Å². The van der Waals surface area contributed by atoms with Crippen molar-refractivity contribution < 1.29 is 14.3 Å². The molecule has 3 aliphatic rings. The van der Waals surface area contributed by atoms with Crippen LogP contribution in [-0.4, -0.2) is 60.0 Å². The zero-order valence-corrected chi connectivity index (χ0v) is 19.6. The van der Waals surface area contributed by atoms with E-state index in [1.165, 1.54) is 0 Å². The summed E-state index contributed by atoms with van der Waals surface area (Å²) in [5, 5.41) is 13.6. The third-order valence-corrected chi connectivity index (χ3v) is 8.11. The summed E-state index contributed by atoms with van der Waals surface area (Å²) in [6.45, 7) is 3.19. The van der Waals surface area contributed by atoms with Crippen LogP contribution in [0.15, 0.2) is 48.5 Å². The van der Waals surface area contributed by atoms with Gasteiger partial charge in [-0.25, -0.2) is 0 Å². The Kier molecular flexibility index (Phi) is 5.24. The molecule has 0 aliphatic carbocycles. The standard InChI is InChI=1S/C28H28N4O3/c29-15-23-13-22-12-21(6-7-24(22)31-23)19-2-4-20(5-3-19)26(34)32-10-1-8-27(9-11-32)14-25(33)28(30-16-27)17-35-18-28/h2-7,12-13,30-31H,1,8-11,14,16-18H2. The van der Waals surface area contributed by atoms with E-state index < -0.39 is 5.54 Å². The van der Waals surface area contributed by atoms with Gasteiger partial charge in [0.05, 0.1) is 13.2 Å². The molecule has 3 fully saturated rings. The Morgan fingerprint density at radius 2 is 1.83 bits per heavy atom. The molecule has 4 heterocycles. The maximum Gasteiger partial charge on any atom is 0.253 e. The van der Waals surface area contributed by atoms with E-state index in [0.29, 0.717) is 37.4 Å². The molecule has 178 valence electrons. The molecule has 6 rings (SSSR count). The second kappa shape index (κ2) is 8.33. The van der Waals surface area contributed by atoms with Gasteiger partial charge in [0.15, 0.2) is 5.78 Å². The zero-order chi connectivity index (χ0) is 24.0. The summed E-state index contributed by atoms with van der Waals surface area (Å²) in [4.78, 5) is 31.1. The lowest BCUT2D eigenvalue weighted by Gasteiger charge is -2.49. The van der Waals surface area contributed by atoms with Crippen LogP contribution in [-0.2, 0) is 9.53 Å². The van der Waals surface area contributed by atoms with Crippen LogP contribution in [0.1, 0.15) is 41.7 Å². The van der Waals surface area contributed by atoms with Crippen LogP contribution in [0, 0.1) is 16.7 Å². The number of ketones is 1. The van der Waals surface area contributed by atoms with Gasteiger partial charge in [-0.1, -0.05) is 18.2 Å². The summed E-state index contributed by atoms with van der Waals surface area (Å²) in [6, 6.07) is 17.8. The summed E-state index contributed by atoms with van der Waals surface area (Å²) < 4.78 is 5.30. The van der Waals surface area contributed by atoms with Gasteiger partial charge in [-0.2, -0.15) is 5.26 Å². The lowest BCUT2D eigenvalue weighted by atomic mass is 9.69. The molecule has 7 heteroatoms. The highest BCUT2D eigenvalue weighted by Crippen LogP contribution is 2.41. The third-order valence-electron chi connectivity index (χ3n) is 8.11. The molecule has 0 saturated carbocycles. The molecule has 1 aromatic heterocycles. The average Bonchev–Trinajstić information content (AvgIpc) is 3.17. The van der Waals surface area contributed by atoms with E-state index in [-0.39, 0.29) is 17.1 Å². The number of hydrogen-bond acceptors (Lipinski definition) is 5. The van der Waals surface area contributed by atoms with Crippen LogP contribution in [0.2, 0.25) is 0 Å². The molecule has 0 radical (unpaired) electrons. The van der Waals surface area contributed by atoms with Crippen molar-refractivity contribution in [2.24, 2.45) is 5.41 Å². The Labute approximate surface area is 204 Å². The lowest BCUT2D eigenvalue weighted by molar-refractivity contribution is -0.155. The predicted molar refractivity (Wildman–Crippen MR) is 132 cm³/mol. The number of amides is 1. The van der Waals surface area contributed by atoms with Gasteiger partial charge >= 0.3 is 0 Å². The van der Waals surface area contributed by atoms with Crippen LogP contribution in [0.25, 0.3) is 22.0 Å². The van der Waals surface area contributed by atoms with E-state index in [1.807, 2.05) is 47.4 Å². The quantitative estimate of drug-likeness (QED) is 0.598. The Balaban J connectivity index is 1.14. The lowest BCUT2D eigenvalue weighted by Crippen LogP contribution is -2.71. The van der Waals surface area contributed by atoms with Gasteiger partial charge in [-0.05, 0) is 66.1 Å². The van der Waals surface area contributed by atoms with Crippen molar-refractivity contribution in [1.82, 2.24) is 15.2 Å². The van der Waals surface area contributed by atoms with Crippen molar-refractivity contribution in [2.75, 3.05) is 32.8 Å². The summed E-state index contributed by atoms with van der Waals surface area (Å²) in [5.74, 6) is 0.319. The number of carbonyl (C=O) groups excluding carboxylic acids is 2. The predicted octanol–water partition coefficient (Wildman–Crippen LogP) is 3.65. The Morgan fingerprint density at radius 3 is 2.54 bits per heavy atom. The number of likely N-dealkylation sites (tertiary alicyclic amines) is 1. The smallest absolute Gasteiger partial charge is 0.253 e. The number of hydrogen-bond donors (Lipinski definition) is 2. The highest BCUT2D eigenvalue weighted by Gasteiger charge is 2.52. The number of nitrogens with one attached hydrogen (secondary N) is 2. The van der Waals surface area contributed by atoms with Crippen molar-refractivity contribution in [1.29, 1.82) is 5.26 Å². The fraction of sp³-hybridized carbons (Fsp3) is 0.393. The Hall–Kier alpha value is -3.47. The van der Waals surface area contributed by atoms with Gasteiger partial charge in [0.25, 0.3) is 5.91 Å². The number of rotatable bonds is 2. The van der Waals surface area contributed by atoms with E-state index in [4.69, 9.17) is 10.00 Å². The van der Waals surface area contributed by atoms with Crippen molar-refractivity contribution in [2.45, 2.75) is 31.2 Å². The molecule has 1 amide bonds. The highest BCUT2D eigenvalue weighted by molar-refractivity contribution is 5.95. The fourth-order valence-corrected chi connectivity index (χ4v) is 5.77. The minimum absolute atomic E-state index is 0.0484. The number of piperidine rings is 1. The second-order valence-electron chi connectivity index (χ2n) is 10.3. The summed E-state index contributed by atoms with van der Waals surface area (Å²) in [7, 11) is 0. The number of fused-ring (bicyclic) bond motifs is 1. The average molecular weight is 469 g/mol. The number of benzene rings is 2. The normalized spacial score (nSPS) is 23.7. The molecule has 2 aromatic carbocycles. The Morgan fingerprint density at radius 1 is 1.03 bits per heavy atom. The van der Waals surface area contributed by atoms with E-state index in [9.17, 15) is 9.59 Å². The molecule has 35 heavy (non-hydrogen) atoms. The maximum absolute atomic E-state index is 13.3. The second-order valence-corrected chi connectivity index (χ2v) is 10.3. The minimum Gasteiger partial charge on any atom is -0.376 e. The summed E-state index contributed by atoms with van der Waals surface area (Å²) in [6.07, 6.45) is 3.29. The summed E-state index contributed by atoms with van der Waals surface area (Å²) in [5.41, 5.74) is 3.73. The largest absolute Gasteiger partial charge is 0.376 e. The molecular formula is C28H28N4O3. The number of aromatic amines is 1. The van der Waals surface area contributed by atoms with Gasteiger partial charge in [0, 0.05) is 42.5 Å². The van der Waals surface area contributed by atoms with E-state index in [2.05, 4.69) is 22.4 Å². The van der Waals surface area contributed by atoms with Crippen LogP contribution in [0.5, 0.6) is 0 Å². The monoisotopic (exact) mass is 468 g/mol. The van der Waals surface area contributed by atoms with Gasteiger partial charge in [0.1, 0.15) is 17.3 Å². The first-order chi connectivity index (χ1) is 17.0. The SMILES string of the molecule is N#Cc1cc2cc(-c3ccc(C(=O)N4CCCC5(CC4)CNC4(COC4)C(=O)C5)cc3)ccc2[nH]1. The molecule has 2 spiro atoms. The molecule has 1 unspecified atom stereocenters. The van der Waals surface area contributed by atoms with Crippen LogP contribution in [0.4, 0.5) is 0 Å². The third kappa shape index (κ3) is 3.83. The molecule has 7 nitrogen and oxygen atoms in total. The van der Waals surface area contributed by atoms with Crippen molar-refractivity contribution >= 4 is 22.6 Å². The van der Waals surface area contributed by atoms with Crippen LogP contribution < -0.4 is 5.32 Å². The zero-order valence-electron chi connectivity index (χ0n) is 19.6. The molecule has 3 aromatic rings. The molecular weight excluding hydrogens is 440 g/mol. The first-order valence-corrected chi connectivity index (χ1v) is 12.3. The van der Waals surface area contributed by atoms with Crippen LogP contribution in [0.3, 0.4) is 0 Å². The molecule has 3 saturated heterocycles. The number of nitrogens with zero attached hydrogens (tertiary/aromatic N) is 2. The van der Waals surface area contributed by atoms with E-state index in [0.717, 1.165) is 54.4 Å². The van der Waals surface area contributed by atoms with Gasteiger partial charge in [-0.3, -0.25) is 9.59 Å². The topological polar surface area (TPSA) is 98.2 Å². The maximum atomic E-state index is 13.3. The highest BCUT2D eigenvalue weighted by atomic mass is 16.5. The number of Topliss-reactive ketones (excluding diaryl/α,β-unsaturated/α-hetero) is 1. The fourth-order valence-electron chi connectivity index (χ4n) is 5.77. The van der Waals surface area contributed by atoms with Crippen LogP contribution >= 0.6 is 0 Å². The van der Waals surface area contributed by atoms with E-state index >= 15 is 0 Å². The number of H-pyrrole nitrogens is 1. The molecule has 3 aliphatic heterocycles. The number of nitriles is 1. The molecule has 0 bridgehead atoms. The van der Waals surface area contributed by atoms with Gasteiger partial charge in [-0.15, -0.1) is 0 Å². The first-order valence-electron chi connectivity index (χ1n) is 12.3. The summed E-state index contributed by atoms with van der Waals surface area (Å²) >= 11 is 0. The molecule has 2 N–H and O–H groups in total. The van der Waals surface area contributed by atoms with Gasteiger partial charge < -0.3 is 19.9 Å². The minimum atomic E-state index is -0.446. The number of ether oxygens (including phenoxy) is 1. The van der Waals surface area contributed by atoms with Crippen molar-refractivity contribution in [3.05, 3.63) is 59.8 Å². The van der Waals surface area contributed by atoms with Crippen molar-refractivity contribution in [3.8, 4) is 17.2 Å². The van der Waals surface area contributed by atoms with Gasteiger partial charge in [0.2, 0.25) is 0 Å². The van der Waals surface area contributed by atoms with E-state index in [1.54, 1.807) is 0 Å². The molecule has 1 atom stereocenters. The number of carbonyl (C=O) groups is 2.